The Labute approximate surface area is 93.8 Å². The van der Waals surface area contributed by atoms with Gasteiger partial charge in [0.1, 0.15) is 0 Å². The molecule has 1 aliphatic heterocycles. The monoisotopic (exact) mass is 211 g/mol. The van der Waals surface area contributed by atoms with Crippen molar-refractivity contribution in [3.8, 4) is 0 Å². The molecule has 0 aromatic heterocycles. The molecule has 0 aromatic rings. The summed E-state index contributed by atoms with van der Waals surface area (Å²) in [7, 11) is 0. The van der Waals surface area contributed by atoms with E-state index in [-0.39, 0.29) is 0 Å². The lowest BCUT2D eigenvalue weighted by atomic mass is 9.90. The number of ether oxygens (including phenoxy) is 1. The predicted octanol–water partition coefficient (Wildman–Crippen LogP) is 2.73. The molecule has 2 aliphatic rings. The summed E-state index contributed by atoms with van der Waals surface area (Å²) in [5, 5.41) is 3.44. The van der Waals surface area contributed by atoms with E-state index in [9.17, 15) is 0 Å². The van der Waals surface area contributed by atoms with Crippen LogP contribution >= 0.6 is 0 Å². The van der Waals surface area contributed by atoms with Crippen molar-refractivity contribution < 1.29 is 4.74 Å². The van der Waals surface area contributed by atoms with E-state index in [1.807, 2.05) is 0 Å². The molecule has 0 spiro atoms. The maximum Gasteiger partial charge on any atom is 0.0587 e. The van der Waals surface area contributed by atoms with E-state index in [1.54, 1.807) is 0 Å². The van der Waals surface area contributed by atoms with Crippen LogP contribution in [-0.2, 0) is 4.74 Å². The lowest BCUT2D eigenvalue weighted by molar-refractivity contribution is 0.0146. The van der Waals surface area contributed by atoms with Crippen LogP contribution in [-0.4, -0.2) is 25.8 Å². The Hall–Kier alpha value is -0.0800. The first-order valence-corrected chi connectivity index (χ1v) is 6.77. The van der Waals surface area contributed by atoms with Gasteiger partial charge >= 0.3 is 0 Å². The average molecular weight is 211 g/mol. The highest BCUT2D eigenvalue weighted by molar-refractivity contribution is 4.69. The molecule has 2 rings (SSSR count). The van der Waals surface area contributed by atoms with Crippen molar-refractivity contribution in [1.82, 2.24) is 5.32 Å². The van der Waals surface area contributed by atoms with Crippen molar-refractivity contribution in [2.45, 2.75) is 57.5 Å². The fourth-order valence-electron chi connectivity index (χ4n) is 2.78. The van der Waals surface area contributed by atoms with Crippen LogP contribution < -0.4 is 5.32 Å². The molecule has 1 aliphatic carbocycles. The van der Waals surface area contributed by atoms with E-state index in [1.165, 1.54) is 57.9 Å². The van der Waals surface area contributed by atoms with Crippen molar-refractivity contribution in [3.05, 3.63) is 0 Å². The van der Waals surface area contributed by atoms with Gasteiger partial charge in [0.15, 0.2) is 0 Å². The summed E-state index contributed by atoms with van der Waals surface area (Å²) in [6, 6.07) is 0. The van der Waals surface area contributed by atoms with E-state index >= 15 is 0 Å². The highest BCUT2D eigenvalue weighted by atomic mass is 16.5. The summed E-state index contributed by atoms with van der Waals surface area (Å²) in [5.41, 5.74) is 0. The lowest BCUT2D eigenvalue weighted by Gasteiger charge is -2.24. The van der Waals surface area contributed by atoms with E-state index in [4.69, 9.17) is 4.74 Å². The van der Waals surface area contributed by atoms with E-state index < -0.39 is 0 Å². The fourth-order valence-corrected chi connectivity index (χ4v) is 2.78. The number of rotatable bonds is 3. The van der Waals surface area contributed by atoms with Crippen LogP contribution in [0.3, 0.4) is 0 Å². The summed E-state index contributed by atoms with van der Waals surface area (Å²) in [4.78, 5) is 0. The van der Waals surface area contributed by atoms with Crippen LogP contribution in [0.15, 0.2) is 0 Å². The highest BCUT2D eigenvalue weighted by Crippen LogP contribution is 2.24. The zero-order valence-corrected chi connectivity index (χ0v) is 9.84. The minimum Gasteiger partial charge on any atom is -0.378 e. The molecular formula is C13H25NO. The molecule has 2 fully saturated rings. The summed E-state index contributed by atoms with van der Waals surface area (Å²) in [6.45, 7) is 3.36. The number of hydrogen-bond acceptors (Lipinski definition) is 2. The fraction of sp³-hybridized carbons (Fsp3) is 1.00. The van der Waals surface area contributed by atoms with Gasteiger partial charge in [-0.3, -0.25) is 0 Å². The van der Waals surface area contributed by atoms with Crippen LogP contribution in [0.5, 0.6) is 0 Å². The van der Waals surface area contributed by atoms with E-state index in [0.29, 0.717) is 6.10 Å². The molecule has 2 nitrogen and oxygen atoms in total. The Morgan fingerprint density at radius 1 is 0.867 bits per heavy atom. The molecular weight excluding hydrogens is 186 g/mol. The molecule has 0 radical (unpaired) electrons. The molecule has 15 heavy (non-hydrogen) atoms. The van der Waals surface area contributed by atoms with Gasteiger partial charge in [0.2, 0.25) is 0 Å². The Balaban J connectivity index is 1.62. The Morgan fingerprint density at radius 2 is 1.73 bits per heavy atom. The molecule has 0 amide bonds. The Kier molecular flexibility index (Phi) is 4.94. The molecule has 0 aromatic carbocycles. The maximum atomic E-state index is 6.06. The minimum atomic E-state index is 0.543. The molecule has 1 heterocycles. The second-order valence-corrected chi connectivity index (χ2v) is 5.14. The third-order valence-corrected chi connectivity index (χ3v) is 3.82. The van der Waals surface area contributed by atoms with Gasteiger partial charge in [-0.2, -0.15) is 0 Å². The van der Waals surface area contributed by atoms with Gasteiger partial charge in [-0.25, -0.2) is 0 Å². The third-order valence-electron chi connectivity index (χ3n) is 3.82. The first-order chi connectivity index (χ1) is 7.45. The van der Waals surface area contributed by atoms with Gasteiger partial charge in [-0.15, -0.1) is 0 Å². The van der Waals surface area contributed by atoms with Gasteiger partial charge in [-0.05, 0) is 51.1 Å². The second kappa shape index (κ2) is 6.49. The molecule has 1 saturated heterocycles. The summed E-state index contributed by atoms with van der Waals surface area (Å²) >= 11 is 0. The average Bonchev–Trinajstić information content (AvgIpc) is 2.56. The van der Waals surface area contributed by atoms with Crippen molar-refractivity contribution in [3.63, 3.8) is 0 Å². The lowest BCUT2D eigenvalue weighted by Crippen LogP contribution is -2.21. The number of nitrogens with one attached hydrogen (secondary N) is 1. The quantitative estimate of drug-likeness (QED) is 0.775. The zero-order valence-electron chi connectivity index (χ0n) is 9.84. The van der Waals surface area contributed by atoms with Gasteiger partial charge < -0.3 is 10.1 Å². The van der Waals surface area contributed by atoms with Crippen molar-refractivity contribution in [2.75, 3.05) is 19.7 Å². The Bertz CT molecular complexity index is 158. The van der Waals surface area contributed by atoms with Crippen molar-refractivity contribution in [1.29, 1.82) is 0 Å². The molecule has 1 atom stereocenters. The van der Waals surface area contributed by atoms with Crippen LogP contribution in [0.4, 0.5) is 0 Å². The second-order valence-electron chi connectivity index (χ2n) is 5.14. The van der Waals surface area contributed by atoms with Gasteiger partial charge in [0, 0.05) is 6.61 Å². The third kappa shape index (κ3) is 4.12. The van der Waals surface area contributed by atoms with Crippen LogP contribution in [0.25, 0.3) is 0 Å². The van der Waals surface area contributed by atoms with Gasteiger partial charge in [-0.1, -0.05) is 19.3 Å². The van der Waals surface area contributed by atoms with Crippen LogP contribution in [0.1, 0.15) is 51.4 Å². The summed E-state index contributed by atoms with van der Waals surface area (Å²) < 4.78 is 6.06. The largest absolute Gasteiger partial charge is 0.378 e. The highest BCUT2D eigenvalue weighted by Gasteiger charge is 2.17. The molecule has 1 saturated carbocycles. The number of hydrogen-bond donors (Lipinski definition) is 1. The summed E-state index contributed by atoms with van der Waals surface area (Å²) in [5.74, 6) is 0.870. The zero-order chi connectivity index (χ0) is 10.3. The van der Waals surface area contributed by atoms with Crippen LogP contribution in [0, 0.1) is 5.92 Å². The van der Waals surface area contributed by atoms with Gasteiger partial charge in [0.25, 0.3) is 0 Å². The molecule has 1 N–H and O–H groups in total. The SMILES string of the molecule is C1CCC(COC2CCCNCC2)CC1. The van der Waals surface area contributed by atoms with Crippen LogP contribution in [0.2, 0.25) is 0 Å². The first kappa shape index (κ1) is 11.4. The van der Waals surface area contributed by atoms with Gasteiger partial charge in [0.05, 0.1) is 6.10 Å². The summed E-state index contributed by atoms with van der Waals surface area (Å²) in [6.07, 6.45) is 11.4. The predicted molar refractivity (Wildman–Crippen MR) is 63.0 cm³/mol. The van der Waals surface area contributed by atoms with Crippen molar-refractivity contribution in [2.24, 2.45) is 5.92 Å². The minimum absolute atomic E-state index is 0.543. The Morgan fingerprint density at radius 3 is 2.60 bits per heavy atom. The topological polar surface area (TPSA) is 21.3 Å². The smallest absolute Gasteiger partial charge is 0.0587 e. The molecule has 88 valence electrons. The molecule has 0 bridgehead atoms. The first-order valence-electron chi connectivity index (χ1n) is 6.77. The van der Waals surface area contributed by atoms with Crippen molar-refractivity contribution >= 4 is 0 Å². The van der Waals surface area contributed by atoms with E-state index in [2.05, 4.69) is 5.32 Å². The molecule has 1 unspecified atom stereocenters. The normalized spacial score (nSPS) is 30.0. The maximum absolute atomic E-state index is 6.06. The van der Waals surface area contributed by atoms with E-state index in [0.717, 1.165) is 19.1 Å². The standard InChI is InChI=1S/C13H25NO/c1-2-5-12(6-3-1)11-15-13-7-4-9-14-10-8-13/h12-14H,1-11H2. The molecule has 2 heteroatoms.